The predicted molar refractivity (Wildman–Crippen MR) is 69.5 cm³/mol. The van der Waals surface area contributed by atoms with Gasteiger partial charge in [-0.2, -0.15) is 0 Å². The van der Waals surface area contributed by atoms with Crippen LogP contribution in [-0.4, -0.2) is 29.6 Å². The minimum Gasteiger partial charge on any atom is -0.328 e. The van der Waals surface area contributed by atoms with Crippen molar-refractivity contribution in [1.29, 1.82) is 0 Å². The summed E-state index contributed by atoms with van der Waals surface area (Å²) in [5.41, 5.74) is 6.14. The van der Waals surface area contributed by atoms with E-state index in [1.54, 1.807) is 0 Å². The first-order valence-electron chi connectivity index (χ1n) is 7.32. The average molecular weight is 224 g/mol. The Hall–Kier alpha value is -0.0800. The van der Waals surface area contributed by atoms with Crippen LogP contribution in [0.4, 0.5) is 0 Å². The van der Waals surface area contributed by atoms with Crippen LogP contribution in [0, 0.1) is 0 Å². The molecule has 0 radical (unpaired) electrons. The number of unbranched alkanes of at least 4 members (excludes halogenated alkanes) is 3. The van der Waals surface area contributed by atoms with Crippen molar-refractivity contribution in [3.05, 3.63) is 0 Å². The van der Waals surface area contributed by atoms with Gasteiger partial charge in [0.05, 0.1) is 0 Å². The molecule has 0 aromatic heterocycles. The molecule has 0 aromatic rings. The van der Waals surface area contributed by atoms with Gasteiger partial charge in [-0.1, -0.05) is 32.6 Å². The molecule has 2 unspecified atom stereocenters. The van der Waals surface area contributed by atoms with Crippen molar-refractivity contribution < 1.29 is 0 Å². The lowest BCUT2D eigenvalue weighted by Crippen LogP contribution is -2.55. The molecule has 0 aromatic carbocycles. The lowest BCUT2D eigenvalue weighted by molar-refractivity contribution is 0.0302. The molecule has 2 rings (SSSR count). The van der Waals surface area contributed by atoms with Crippen LogP contribution < -0.4 is 5.73 Å². The molecule has 0 amide bonds. The molecule has 2 atom stereocenters. The molecule has 0 spiro atoms. The van der Waals surface area contributed by atoms with Crippen molar-refractivity contribution in [2.75, 3.05) is 6.54 Å². The van der Waals surface area contributed by atoms with E-state index in [4.69, 9.17) is 5.73 Å². The van der Waals surface area contributed by atoms with Gasteiger partial charge in [0.15, 0.2) is 0 Å². The Kier molecular flexibility index (Phi) is 4.66. The van der Waals surface area contributed by atoms with Crippen LogP contribution in [0.25, 0.3) is 0 Å². The van der Waals surface area contributed by atoms with Crippen LogP contribution in [0.15, 0.2) is 0 Å². The largest absolute Gasteiger partial charge is 0.328 e. The summed E-state index contributed by atoms with van der Waals surface area (Å²) in [4.78, 5) is 2.79. The molecule has 2 N–H and O–H groups in total. The first-order chi connectivity index (χ1) is 7.81. The second-order valence-corrected chi connectivity index (χ2v) is 5.77. The molecule has 16 heavy (non-hydrogen) atoms. The molecule has 2 heterocycles. The number of hydrogen-bond acceptors (Lipinski definition) is 2. The molecule has 2 saturated heterocycles. The predicted octanol–water partition coefficient (Wildman–Crippen LogP) is 2.91. The lowest BCUT2D eigenvalue weighted by Gasteiger charge is -2.48. The van der Waals surface area contributed by atoms with E-state index < -0.39 is 0 Å². The van der Waals surface area contributed by atoms with Gasteiger partial charge in [-0.25, -0.2) is 0 Å². The molecule has 2 bridgehead atoms. The lowest BCUT2D eigenvalue weighted by atomic mass is 9.82. The maximum atomic E-state index is 6.14. The highest BCUT2D eigenvalue weighted by atomic mass is 15.2. The Balaban J connectivity index is 1.79. The van der Waals surface area contributed by atoms with Crippen molar-refractivity contribution in [3.63, 3.8) is 0 Å². The maximum Gasteiger partial charge on any atom is 0.0113 e. The molecule has 2 aliphatic heterocycles. The molecular weight excluding hydrogens is 196 g/mol. The van der Waals surface area contributed by atoms with Crippen molar-refractivity contribution in [2.45, 2.75) is 82.8 Å². The number of rotatable bonds is 5. The van der Waals surface area contributed by atoms with E-state index in [1.165, 1.54) is 64.3 Å². The molecule has 2 heteroatoms. The third-order valence-corrected chi connectivity index (χ3v) is 4.43. The van der Waals surface area contributed by atoms with Gasteiger partial charge in [0.2, 0.25) is 0 Å². The highest BCUT2D eigenvalue weighted by molar-refractivity contribution is 4.93. The quantitative estimate of drug-likeness (QED) is 0.728. The Bertz CT molecular complexity index is 191. The summed E-state index contributed by atoms with van der Waals surface area (Å²) in [6.45, 7) is 3.62. The van der Waals surface area contributed by atoms with Crippen LogP contribution >= 0.6 is 0 Å². The summed E-state index contributed by atoms with van der Waals surface area (Å²) in [5.74, 6) is 0. The first kappa shape index (κ1) is 12.4. The van der Waals surface area contributed by atoms with E-state index in [2.05, 4.69) is 11.8 Å². The fourth-order valence-electron chi connectivity index (χ4n) is 3.61. The molecule has 2 nitrogen and oxygen atoms in total. The fraction of sp³-hybridized carbons (Fsp3) is 1.00. The minimum absolute atomic E-state index is 0.488. The van der Waals surface area contributed by atoms with Crippen LogP contribution in [-0.2, 0) is 0 Å². The van der Waals surface area contributed by atoms with Crippen molar-refractivity contribution in [3.8, 4) is 0 Å². The van der Waals surface area contributed by atoms with Gasteiger partial charge in [0, 0.05) is 18.1 Å². The van der Waals surface area contributed by atoms with Gasteiger partial charge in [-0.05, 0) is 38.6 Å². The van der Waals surface area contributed by atoms with Crippen molar-refractivity contribution in [2.24, 2.45) is 5.73 Å². The number of hydrogen-bond donors (Lipinski definition) is 1. The SMILES string of the molecule is CCCCCCN1C2CCCC1CC(N)C2. The summed E-state index contributed by atoms with van der Waals surface area (Å²) in [5, 5.41) is 0. The van der Waals surface area contributed by atoms with Gasteiger partial charge in [-0.15, -0.1) is 0 Å². The number of fused-ring (bicyclic) bond motifs is 2. The summed E-state index contributed by atoms with van der Waals surface area (Å²) < 4.78 is 0. The monoisotopic (exact) mass is 224 g/mol. The zero-order valence-electron chi connectivity index (χ0n) is 10.8. The second-order valence-electron chi connectivity index (χ2n) is 5.77. The number of nitrogens with zero attached hydrogens (tertiary/aromatic N) is 1. The van der Waals surface area contributed by atoms with Crippen molar-refractivity contribution in [1.82, 2.24) is 4.90 Å². The maximum absolute atomic E-state index is 6.14. The Morgan fingerprint density at radius 1 is 1.06 bits per heavy atom. The Morgan fingerprint density at radius 2 is 1.75 bits per heavy atom. The van der Waals surface area contributed by atoms with Gasteiger partial charge < -0.3 is 5.73 Å². The molecule has 0 aliphatic carbocycles. The second kappa shape index (κ2) is 6.02. The zero-order valence-corrected chi connectivity index (χ0v) is 10.8. The van der Waals surface area contributed by atoms with Crippen LogP contribution in [0.2, 0.25) is 0 Å². The zero-order chi connectivity index (χ0) is 11.4. The topological polar surface area (TPSA) is 29.3 Å². The molecule has 2 fully saturated rings. The Morgan fingerprint density at radius 3 is 2.38 bits per heavy atom. The molecule has 0 saturated carbocycles. The van der Waals surface area contributed by atoms with Gasteiger partial charge in [0.25, 0.3) is 0 Å². The molecule has 2 aliphatic rings. The molecule has 94 valence electrons. The van der Waals surface area contributed by atoms with Crippen LogP contribution in [0.5, 0.6) is 0 Å². The normalized spacial score (nSPS) is 35.2. The van der Waals surface area contributed by atoms with Crippen molar-refractivity contribution >= 4 is 0 Å². The third kappa shape index (κ3) is 2.98. The van der Waals surface area contributed by atoms with Gasteiger partial charge in [0.1, 0.15) is 0 Å². The van der Waals surface area contributed by atoms with E-state index in [0.717, 1.165) is 12.1 Å². The number of nitrogens with two attached hydrogens (primary N) is 1. The number of piperidine rings is 2. The van der Waals surface area contributed by atoms with E-state index in [-0.39, 0.29) is 0 Å². The van der Waals surface area contributed by atoms with E-state index in [9.17, 15) is 0 Å². The Labute approximate surface area is 101 Å². The highest BCUT2D eigenvalue weighted by Gasteiger charge is 2.36. The van der Waals surface area contributed by atoms with E-state index in [1.807, 2.05) is 0 Å². The van der Waals surface area contributed by atoms with Crippen LogP contribution in [0.1, 0.15) is 64.7 Å². The average Bonchev–Trinajstić information content (AvgIpc) is 2.25. The summed E-state index contributed by atoms with van der Waals surface area (Å²) in [7, 11) is 0. The van der Waals surface area contributed by atoms with Crippen LogP contribution in [0.3, 0.4) is 0 Å². The van der Waals surface area contributed by atoms with E-state index in [0.29, 0.717) is 6.04 Å². The standard InChI is InChI=1S/C14H28N2/c1-2-3-4-5-9-16-13-7-6-8-14(16)11-12(15)10-13/h12-14H,2-11,15H2,1H3. The van der Waals surface area contributed by atoms with Gasteiger partial charge in [-0.3, -0.25) is 4.90 Å². The fourth-order valence-corrected chi connectivity index (χ4v) is 3.61. The third-order valence-electron chi connectivity index (χ3n) is 4.43. The first-order valence-corrected chi connectivity index (χ1v) is 7.32. The smallest absolute Gasteiger partial charge is 0.0113 e. The van der Waals surface area contributed by atoms with E-state index >= 15 is 0 Å². The highest BCUT2D eigenvalue weighted by Crippen LogP contribution is 2.33. The molecular formula is C14H28N2. The minimum atomic E-state index is 0.488. The van der Waals surface area contributed by atoms with Gasteiger partial charge >= 0.3 is 0 Å². The summed E-state index contributed by atoms with van der Waals surface area (Å²) in [6, 6.07) is 2.13. The summed E-state index contributed by atoms with van der Waals surface area (Å²) in [6.07, 6.45) is 12.3. The summed E-state index contributed by atoms with van der Waals surface area (Å²) >= 11 is 0.